The van der Waals surface area contributed by atoms with E-state index in [9.17, 15) is 32.9 Å². The monoisotopic (exact) mass is 483 g/mol. The summed E-state index contributed by atoms with van der Waals surface area (Å²) >= 11 is 0.757. The number of halogens is 3. The molecule has 3 rings (SSSR count). The number of nitrogens with zero attached hydrogens (tertiary/aromatic N) is 3. The fourth-order valence-electron chi connectivity index (χ4n) is 3.36. The van der Waals surface area contributed by atoms with Gasteiger partial charge in [-0.2, -0.15) is 13.2 Å². The minimum atomic E-state index is -4.71. The van der Waals surface area contributed by atoms with Crippen molar-refractivity contribution < 1.29 is 27.7 Å². The van der Waals surface area contributed by atoms with Crippen molar-refractivity contribution in [2.75, 3.05) is 29.1 Å². The number of rotatable bonds is 7. The predicted octanol–water partition coefficient (Wildman–Crippen LogP) is 3.44. The lowest BCUT2D eigenvalue weighted by Crippen LogP contribution is -2.41. The number of hydrogen-bond donors (Lipinski definition) is 2. The van der Waals surface area contributed by atoms with Gasteiger partial charge in [-0.1, -0.05) is 0 Å². The third-order valence-electron chi connectivity index (χ3n) is 5.02. The van der Waals surface area contributed by atoms with Gasteiger partial charge in [-0.05, 0) is 37.1 Å². The Morgan fingerprint density at radius 3 is 2.67 bits per heavy atom. The smallest absolute Gasteiger partial charge is 0.369 e. The summed E-state index contributed by atoms with van der Waals surface area (Å²) in [6.07, 6.45) is -1.73. The first-order valence-electron chi connectivity index (χ1n) is 9.83. The van der Waals surface area contributed by atoms with Crippen molar-refractivity contribution in [3.8, 4) is 0 Å². The first-order chi connectivity index (χ1) is 15.5. The lowest BCUT2D eigenvalue weighted by Gasteiger charge is -2.32. The highest BCUT2D eigenvalue weighted by molar-refractivity contribution is 8.00. The molecule has 0 radical (unpaired) electrons. The number of carbonyl (C=O) groups is 2. The molecular weight excluding hydrogens is 463 g/mol. The van der Waals surface area contributed by atoms with E-state index in [-0.39, 0.29) is 22.5 Å². The number of nitro benzene ring substituents is 1. The van der Waals surface area contributed by atoms with Gasteiger partial charge in [-0.3, -0.25) is 19.7 Å². The molecule has 1 aliphatic rings. The van der Waals surface area contributed by atoms with Gasteiger partial charge in [0.15, 0.2) is 0 Å². The molecular formula is C20H20F3N5O4S. The van der Waals surface area contributed by atoms with Crippen LogP contribution in [0.3, 0.4) is 0 Å². The molecule has 9 nitrogen and oxygen atoms in total. The van der Waals surface area contributed by atoms with Crippen LogP contribution in [0.2, 0.25) is 0 Å². The largest absolute Gasteiger partial charge is 0.416 e. The Labute approximate surface area is 190 Å². The Balaban J connectivity index is 1.59. The zero-order valence-corrected chi connectivity index (χ0v) is 18.0. The molecule has 1 unspecified atom stereocenters. The number of amides is 2. The molecule has 3 N–H and O–H groups in total. The molecule has 176 valence electrons. The first-order valence-corrected chi connectivity index (χ1v) is 10.8. The summed E-state index contributed by atoms with van der Waals surface area (Å²) in [5.41, 5.74) is 3.92. The molecule has 1 aliphatic heterocycles. The van der Waals surface area contributed by atoms with E-state index in [0.29, 0.717) is 24.1 Å². The number of nitro groups is 1. The standard InChI is InChI=1S/C20H20F3N5O4S/c21-20(22,23)13-3-5-16(15(8-13)28(31)32)33-11-18(29)26-14-4-6-17(25-9-14)27-7-1-2-12(10-27)19(24)30/h3-6,8-9,12H,1-2,7,10-11H2,(H2,24,30)(H,26,29). The van der Waals surface area contributed by atoms with Gasteiger partial charge in [-0.25, -0.2) is 4.98 Å². The van der Waals surface area contributed by atoms with Gasteiger partial charge in [0, 0.05) is 19.2 Å². The van der Waals surface area contributed by atoms with Gasteiger partial charge in [0.1, 0.15) is 5.82 Å². The van der Waals surface area contributed by atoms with Crippen LogP contribution >= 0.6 is 11.8 Å². The number of pyridine rings is 1. The molecule has 33 heavy (non-hydrogen) atoms. The molecule has 1 atom stereocenters. The number of anilines is 2. The van der Waals surface area contributed by atoms with Crippen molar-refractivity contribution in [3.63, 3.8) is 0 Å². The van der Waals surface area contributed by atoms with Crippen LogP contribution in [-0.2, 0) is 15.8 Å². The maximum absolute atomic E-state index is 12.8. The molecule has 1 aromatic carbocycles. The highest BCUT2D eigenvalue weighted by Crippen LogP contribution is 2.36. The van der Waals surface area contributed by atoms with Gasteiger partial charge in [0.25, 0.3) is 5.69 Å². The highest BCUT2D eigenvalue weighted by atomic mass is 32.2. The Morgan fingerprint density at radius 2 is 2.06 bits per heavy atom. The Hall–Kier alpha value is -3.35. The van der Waals surface area contributed by atoms with E-state index in [1.165, 1.54) is 6.20 Å². The van der Waals surface area contributed by atoms with Crippen LogP contribution in [0.5, 0.6) is 0 Å². The van der Waals surface area contributed by atoms with Crippen molar-refractivity contribution in [1.29, 1.82) is 0 Å². The van der Waals surface area contributed by atoms with Crippen molar-refractivity contribution in [2.45, 2.75) is 23.9 Å². The van der Waals surface area contributed by atoms with Crippen LogP contribution in [-0.4, -0.2) is 40.6 Å². The van der Waals surface area contributed by atoms with E-state index < -0.39 is 28.3 Å². The second kappa shape index (κ2) is 10.1. The third kappa shape index (κ3) is 6.34. The SMILES string of the molecule is NC(=O)C1CCCN(c2ccc(NC(=O)CSc3ccc(C(F)(F)F)cc3[N+](=O)[O-])cn2)C1. The van der Waals surface area contributed by atoms with Gasteiger partial charge < -0.3 is 16.0 Å². The average molecular weight is 483 g/mol. The Morgan fingerprint density at radius 1 is 1.30 bits per heavy atom. The molecule has 0 saturated carbocycles. The average Bonchev–Trinajstić information content (AvgIpc) is 2.77. The number of benzene rings is 1. The summed E-state index contributed by atoms with van der Waals surface area (Å²) < 4.78 is 38.4. The van der Waals surface area contributed by atoms with Crippen LogP contribution in [0, 0.1) is 16.0 Å². The molecule has 2 heterocycles. The van der Waals surface area contributed by atoms with Gasteiger partial charge >= 0.3 is 6.18 Å². The maximum atomic E-state index is 12.8. The topological polar surface area (TPSA) is 131 Å². The summed E-state index contributed by atoms with van der Waals surface area (Å²) in [6.45, 7) is 1.20. The number of nitrogens with one attached hydrogen (secondary N) is 1. The molecule has 0 aliphatic carbocycles. The lowest BCUT2D eigenvalue weighted by atomic mass is 9.97. The number of piperidine rings is 1. The minimum absolute atomic E-state index is 0.0503. The van der Waals surface area contributed by atoms with E-state index in [0.717, 1.165) is 43.3 Å². The molecule has 0 spiro atoms. The van der Waals surface area contributed by atoms with E-state index in [4.69, 9.17) is 5.73 Å². The third-order valence-corrected chi connectivity index (χ3v) is 6.08. The predicted molar refractivity (Wildman–Crippen MR) is 116 cm³/mol. The molecule has 13 heteroatoms. The number of aromatic nitrogens is 1. The fourth-order valence-corrected chi connectivity index (χ4v) is 4.17. The number of hydrogen-bond acceptors (Lipinski definition) is 7. The minimum Gasteiger partial charge on any atom is -0.369 e. The second-order valence-corrected chi connectivity index (χ2v) is 8.38. The normalized spacial score (nSPS) is 16.3. The number of nitrogens with two attached hydrogens (primary N) is 1. The zero-order valence-electron chi connectivity index (χ0n) is 17.2. The molecule has 2 amide bonds. The quantitative estimate of drug-likeness (QED) is 0.350. The van der Waals surface area contributed by atoms with Crippen LogP contribution in [0.1, 0.15) is 18.4 Å². The number of primary amides is 1. The molecule has 1 fully saturated rings. The number of alkyl halides is 3. The molecule has 0 bridgehead atoms. The lowest BCUT2D eigenvalue weighted by molar-refractivity contribution is -0.388. The van der Waals surface area contributed by atoms with Crippen molar-refractivity contribution in [3.05, 3.63) is 52.2 Å². The van der Waals surface area contributed by atoms with Crippen LogP contribution < -0.4 is 16.0 Å². The zero-order chi connectivity index (χ0) is 24.2. The van der Waals surface area contributed by atoms with Crippen LogP contribution in [0.15, 0.2) is 41.4 Å². The van der Waals surface area contributed by atoms with Crippen molar-refractivity contribution in [1.82, 2.24) is 4.98 Å². The summed E-state index contributed by atoms with van der Waals surface area (Å²) in [5.74, 6) is -0.717. The molecule has 2 aromatic rings. The fraction of sp³-hybridized carbons (Fsp3) is 0.350. The summed E-state index contributed by atoms with van der Waals surface area (Å²) in [6, 6.07) is 5.48. The van der Waals surface area contributed by atoms with Crippen molar-refractivity contribution >= 4 is 40.8 Å². The number of carbonyl (C=O) groups excluding carboxylic acids is 2. The van der Waals surface area contributed by atoms with E-state index >= 15 is 0 Å². The molecule has 1 saturated heterocycles. The van der Waals surface area contributed by atoms with Crippen LogP contribution in [0.4, 0.5) is 30.4 Å². The maximum Gasteiger partial charge on any atom is 0.416 e. The number of thioether (sulfide) groups is 1. The second-order valence-electron chi connectivity index (χ2n) is 7.37. The first kappa shape index (κ1) is 24.3. The van der Waals surface area contributed by atoms with E-state index in [2.05, 4.69) is 10.3 Å². The van der Waals surface area contributed by atoms with Gasteiger partial charge in [-0.15, -0.1) is 11.8 Å². The summed E-state index contributed by atoms with van der Waals surface area (Å²) in [4.78, 5) is 40.1. The van der Waals surface area contributed by atoms with Crippen molar-refractivity contribution in [2.24, 2.45) is 11.7 Å². The molecule has 1 aromatic heterocycles. The Bertz CT molecular complexity index is 1050. The van der Waals surface area contributed by atoms with Gasteiger partial charge in [0.2, 0.25) is 11.8 Å². The summed E-state index contributed by atoms with van der Waals surface area (Å²) in [5, 5.41) is 13.7. The highest BCUT2D eigenvalue weighted by Gasteiger charge is 2.33. The van der Waals surface area contributed by atoms with Gasteiger partial charge in [0.05, 0.1) is 38.9 Å². The van der Waals surface area contributed by atoms with E-state index in [1.54, 1.807) is 12.1 Å². The van der Waals surface area contributed by atoms with E-state index in [1.807, 2.05) is 4.90 Å². The van der Waals surface area contributed by atoms with Crippen LogP contribution in [0.25, 0.3) is 0 Å². The summed E-state index contributed by atoms with van der Waals surface area (Å²) in [7, 11) is 0. The Kier molecular flexibility index (Phi) is 7.41.